The van der Waals surface area contributed by atoms with Crippen molar-refractivity contribution in [2.75, 3.05) is 27.3 Å². The van der Waals surface area contributed by atoms with Crippen molar-refractivity contribution < 1.29 is 28.8 Å². The van der Waals surface area contributed by atoms with Gasteiger partial charge in [0.25, 0.3) is 5.69 Å². The number of hydrogen-bond acceptors (Lipinski definition) is 7. The van der Waals surface area contributed by atoms with Gasteiger partial charge in [0.1, 0.15) is 12.3 Å². The summed E-state index contributed by atoms with van der Waals surface area (Å²) in [6.07, 6.45) is 0.940. The highest BCUT2D eigenvalue weighted by Gasteiger charge is 2.15. The number of hydrogen-bond donors (Lipinski definition) is 0. The summed E-state index contributed by atoms with van der Waals surface area (Å²) in [4.78, 5) is 45.0. The minimum atomic E-state index is -0.649. The first-order valence-electron chi connectivity index (χ1n) is 7.06. The third-order valence-electron chi connectivity index (χ3n) is 3.15. The van der Waals surface area contributed by atoms with Crippen LogP contribution in [0.3, 0.4) is 0 Å². The molecular weight excluding hydrogens is 320 g/mol. The molecule has 0 saturated carbocycles. The minimum absolute atomic E-state index is 0.0774. The SMILES string of the molecule is COC(=O)CN(C)C(=O)CCCOc1ccc([N+](=O)[O-])c(C=O)c1. The molecule has 0 aliphatic carbocycles. The highest BCUT2D eigenvalue weighted by Crippen LogP contribution is 2.22. The van der Waals surface area contributed by atoms with Gasteiger partial charge >= 0.3 is 5.97 Å². The fraction of sp³-hybridized carbons (Fsp3) is 0.400. The van der Waals surface area contributed by atoms with Crippen molar-refractivity contribution >= 4 is 23.9 Å². The maximum absolute atomic E-state index is 11.8. The zero-order valence-corrected chi connectivity index (χ0v) is 13.4. The summed E-state index contributed by atoms with van der Waals surface area (Å²) in [6.45, 7) is 0.0646. The van der Waals surface area contributed by atoms with E-state index in [-0.39, 0.29) is 36.7 Å². The van der Waals surface area contributed by atoms with Gasteiger partial charge in [-0.2, -0.15) is 0 Å². The Kier molecular flexibility index (Phi) is 7.34. The number of benzene rings is 1. The summed E-state index contributed by atoms with van der Waals surface area (Å²) in [7, 11) is 2.74. The Morgan fingerprint density at radius 2 is 2.08 bits per heavy atom. The second-order valence-corrected chi connectivity index (χ2v) is 4.87. The van der Waals surface area contributed by atoms with Crippen LogP contribution in [0.4, 0.5) is 5.69 Å². The van der Waals surface area contributed by atoms with Crippen molar-refractivity contribution in [3.8, 4) is 5.75 Å². The summed E-state index contributed by atoms with van der Waals surface area (Å²) in [6, 6.07) is 3.85. The zero-order chi connectivity index (χ0) is 18.1. The van der Waals surface area contributed by atoms with Gasteiger partial charge in [0.05, 0.1) is 24.2 Å². The highest BCUT2D eigenvalue weighted by atomic mass is 16.6. The molecule has 0 atom stereocenters. The zero-order valence-electron chi connectivity index (χ0n) is 13.4. The monoisotopic (exact) mass is 338 g/mol. The molecule has 0 bridgehead atoms. The number of methoxy groups -OCH3 is 1. The number of ether oxygens (including phenoxy) is 2. The van der Waals surface area contributed by atoms with Crippen molar-refractivity contribution in [3.05, 3.63) is 33.9 Å². The van der Waals surface area contributed by atoms with E-state index in [0.29, 0.717) is 18.5 Å². The van der Waals surface area contributed by atoms with E-state index in [2.05, 4.69) is 4.74 Å². The summed E-state index contributed by atoms with van der Waals surface area (Å²) >= 11 is 0. The third kappa shape index (κ3) is 5.67. The molecule has 1 rings (SSSR count). The molecule has 0 spiro atoms. The summed E-state index contributed by atoms with van der Waals surface area (Å²) < 4.78 is 9.84. The number of carbonyl (C=O) groups excluding carboxylic acids is 3. The van der Waals surface area contributed by atoms with E-state index in [9.17, 15) is 24.5 Å². The molecule has 0 N–H and O–H groups in total. The number of nitro groups is 1. The second-order valence-electron chi connectivity index (χ2n) is 4.87. The van der Waals surface area contributed by atoms with Crippen LogP contribution >= 0.6 is 0 Å². The van der Waals surface area contributed by atoms with Crippen LogP contribution in [0, 0.1) is 10.1 Å². The van der Waals surface area contributed by atoms with Crippen LogP contribution < -0.4 is 4.74 Å². The number of esters is 1. The Morgan fingerprint density at radius 1 is 1.38 bits per heavy atom. The molecular formula is C15H18N2O7. The van der Waals surface area contributed by atoms with Crippen LogP contribution in [0.5, 0.6) is 5.75 Å². The number of likely N-dealkylation sites (N-methyl/N-ethyl adjacent to an activating group) is 1. The lowest BCUT2D eigenvalue weighted by molar-refractivity contribution is -0.385. The maximum Gasteiger partial charge on any atom is 0.325 e. The lowest BCUT2D eigenvalue weighted by atomic mass is 10.2. The molecule has 0 unspecified atom stereocenters. The van der Waals surface area contributed by atoms with E-state index < -0.39 is 10.9 Å². The van der Waals surface area contributed by atoms with Crippen molar-refractivity contribution in [1.82, 2.24) is 4.90 Å². The number of nitrogens with zero attached hydrogens (tertiary/aromatic N) is 2. The van der Waals surface area contributed by atoms with E-state index in [1.165, 1.54) is 37.3 Å². The van der Waals surface area contributed by atoms with Crippen LogP contribution in [0.2, 0.25) is 0 Å². The van der Waals surface area contributed by atoms with Crippen LogP contribution in [-0.2, 0) is 14.3 Å². The topological polar surface area (TPSA) is 116 Å². The molecule has 24 heavy (non-hydrogen) atoms. The van der Waals surface area contributed by atoms with Gasteiger partial charge in [-0.05, 0) is 18.6 Å². The predicted octanol–water partition coefficient (Wildman–Crippen LogP) is 1.20. The molecule has 130 valence electrons. The van der Waals surface area contributed by atoms with Gasteiger partial charge in [-0.15, -0.1) is 0 Å². The molecule has 0 radical (unpaired) electrons. The lowest BCUT2D eigenvalue weighted by Crippen LogP contribution is -2.32. The van der Waals surface area contributed by atoms with Crippen molar-refractivity contribution in [2.24, 2.45) is 0 Å². The summed E-state index contributed by atoms with van der Waals surface area (Å²) in [5.74, 6) is -0.436. The first-order chi connectivity index (χ1) is 11.4. The number of amides is 1. The van der Waals surface area contributed by atoms with Crippen LogP contribution in [0.1, 0.15) is 23.2 Å². The third-order valence-corrected chi connectivity index (χ3v) is 3.15. The Bertz CT molecular complexity index is 630. The fourth-order valence-electron chi connectivity index (χ4n) is 1.83. The van der Waals surface area contributed by atoms with Crippen molar-refractivity contribution in [2.45, 2.75) is 12.8 Å². The van der Waals surface area contributed by atoms with Crippen LogP contribution in [0.25, 0.3) is 0 Å². The number of aldehydes is 1. The van der Waals surface area contributed by atoms with E-state index in [1.54, 1.807) is 0 Å². The minimum Gasteiger partial charge on any atom is -0.494 e. The van der Waals surface area contributed by atoms with Gasteiger partial charge in [0.2, 0.25) is 5.91 Å². The van der Waals surface area contributed by atoms with Gasteiger partial charge in [0, 0.05) is 19.5 Å². The number of rotatable bonds is 9. The number of carbonyl (C=O) groups is 3. The molecule has 9 heteroatoms. The molecule has 0 aliphatic heterocycles. The van der Waals surface area contributed by atoms with Gasteiger partial charge in [-0.1, -0.05) is 0 Å². The predicted molar refractivity (Wildman–Crippen MR) is 82.9 cm³/mol. The van der Waals surface area contributed by atoms with E-state index >= 15 is 0 Å². The standard InChI is InChI=1S/C15H18N2O7/c1-16(9-15(20)23-2)14(19)4-3-7-24-12-5-6-13(17(21)22)11(8-12)10-18/h5-6,8,10H,3-4,7,9H2,1-2H3. The molecule has 1 aromatic rings. The smallest absolute Gasteiger partial charge is 0.325 e. The quantitative estimate of drug-likeness (QED) is 0.218. The lowest BCUT2D eigenvalue weighted by Gasteiger charge is -2.15. The summed E-state index contributed by atoms with van der Waals surface area (Å²) in [5, 5.41) is 10.7. The Hall–Kier alpha value is -2.97. The average molecular weight is 338 g/mol. The first-order valence-corrected chi connectivity index (χ1v) is 7.06. The summed E-state index contributed by atoms with van der Waals surface area (Å²) in [5.41, 5.74) is -0.372. The molecule has 0 saturated heterocycles. The highest BCUT2D eigenvalue weighted by molar-refractivity contribution is 5.82. The Morgan fingerprint density at radius 3 is 2.67 bits per heavy atom. The average Bonchev–Trinajstić information content (AvgIpc) is 2.57. The molecule has 0 heterocycles. The van der Waals surface area contributed by atoms with Gasteiger partial charge in [0.15, 0.2) is 6.29 Å². The van der Waals surface area contributed by atoms with Gasteiger partial charge in [-0.25, -0.2) is 0 Å². The number of nitro benzene ring substituents is 1. The van der Waals surface area contributed by atoms with E-state index in [1.807, 2.05) is 0 Å². The first kappa shape index (κ1) is 19.1. The van der Waals surface area contributed by atoms with Gasteiger partial charge < -0.3 is 14.4 Å². The normalized spacial score (nSPS) is 9.92. The molecule has 0 fully saturated rings. The van der Waals surface area contributed by atoms with Crippen molar-refractivity contribution in [1.29, 1.82) is 0 Å². The van der Waals surface area contributed by atoms with Crippen LogP contribution in [-0.4, -0.2) is 55.3 Å². The Balaban J connectivity index is 2.45. The molecule has 0 aliphatic rings. The largest absolute Gasteiger partial charge is 0.494 e. The second kappa shape index (κ2) is 9.23. The molecule has 1 amide bonds. The van der Waals surface area contributed by atoms with Crippen LogP contribution in [0.15, 0.2) is 18.2 Å². The fourth-order valence-corrected chi connectivity index (χ4v) is 1.83. The van der Waals surface area contributed by atoms with Gasteiger partial charge in [-0.3, -0.25) is 24.5 Å². The molecule has 0 aromatic heterocycles. The van der Waals surface area contributed by atoms with E-state index in [0.717, 1.165) is 0 Å². The molecule has 1 aromatic carbocycles. The Labute approximate surface area is 138 Å². The van der Waals surface area contributed by atoms with E-state index in [4.69, 9.17) is 4.74 Å². The molecule has 9 nitrogen and oxygen atoms in total. The van der Waals surface area contributed by atoms with Crippen molar-refractivity contribution in [3.63, 3.8) is 0 Å². The maximum atomic E-state index is 11.8.